The molecule has 0 saturated heterocycles. The van der Waals surface area contributed by atoms with Gasteiger partial charge in [-0.05, 0) is 45.2 Å². The summed E-state index contributed by atoms with van der Waals surface area (Å²) in [6.45, 7) is 5.47. The highest BCUT2D eigenvalue weighted by Gasteiger charge is 2.26. The fourth-order valence-corrected chi connectivity index (χ4v) is 1.71. The summed E-state index contributed by atoms with van der Waals surface area (Å²) in [5.41, 5.74) is -0.0491. The standard InChI is InChI=1S/C14H19NO5/c1-10-9-11(15(18)19)5-6-12(10)20-8-4-7-14(2,3)13(16)17/h5-6,9H,4,7-8H2,1-3H3,(H,16,17). The van der Waals surface area contributed by atoms with Crippen LogP contribution in [0.1, 0.15) is 32.3 Å². The van der Waals surface area contributed by atoms with Crippen LogP contribution in [-0.4, -0.2) is 22.6 Å². The van der Waals surface area contributed by atoms with Crippen molar-refractivity contribution >= 4 is 11.7 Å². The summed E-state index contributed by atoms with van der Waals surface area (Å²) in [7, 11) is 0. The van der Waals surface area contributed by atoms with Crippen LogP contribution >= 0.6 is 0 Å². The summed E-state index contributed by atoms with van der Waals surface area (Å²) in [4.78, 5) is 21.1. The molecular formula is C14H19NO5. The Balaban J connectivity index is 2.51. The summed E-state index contributed by atoms with van der Waals surface area (Å²) < 4.78 is 5.53. The van der Waals surface area contributed by atoms with E-state index in [0.717, 1.165) is 0 Å². The number of ether oxygens (including phenoxy) is 1. The number of non-ortho nitro benzene ring substituents is 1. The summed E-state index contributed by atoms with van der Waals surface area (Å²) in [5, 5.41) is 19.6. The van der Waals surface area contributed by atoms with Gasteiger partial charge in [0.2, 0.25) is 0 Å². The van der Waals surface area contributed by atoms with Crippen molar-refractivity contribution in [3.63, 3.8) is 0 Å². The van der Waals surface area contributed by atoms with Crippen molar-refractivity contribution in [1.82, 2.24) is 0 Å². The van der Waals surface area contributed by atoms with Crippen molar-refractivity contribution < 1.29 is 19.6 Å². The predicted molar refractivity (Wildman–Crippen MR) is 74.0 cm³/mol. The van der Waals surface area contributed by atoms with E-state index in [1.54, 1.807) is 26.8 Å². The van der Waals surface area contributed by atoms with Crippen LogP contribution in [0, 0.1) is 22.5 Å². The lowest BCUT2D eigenvalue weighted by molar-refractivity contribution is -0.384. The fraction of sp³-hybridized carbons (Fsp3) is 0.500. The molecule has 0 fully saturated rings. The highest BCUT2D eigenvalue weighted by Crippen LogP contribution is 2.25. The lowest BCUT2D eigenvalue weighted by Gasteiger charge is -2.18. The van der Waals surface area contributed by atoms with Gasteiger partial charge in [-0.15, -0.1) is 0 Å². The Hall–Kier alpha value is -2.11. The molecule has 1 rings (SSSR count). The molecule has 110 valence electrons. The molecule has 1 aromatic carbocycles. The first-order valence-corrected chi connectivity index (χ1v) is 6.35. The molecule has 1 N–H and O–H groups in total. The van der Waals surface area contributed by atoms with E-state index in [-0.39, 0.29) is 5.69 Å². The Labute approximate surface area is 117 Å². The zero-order valence-corrected chi connectivity index (χ0v) is 11.9. The zero-order valence-electron chi connectivity index (χ0n) is 11.9. The minimum absolute atomic E-state index is 0.0295. The number of benzene rings is 1. The maximum absolute atomic E-state index is 10.9. The van der Waals surface area contributed by atoms with Crippen LogP contribution in [0.3, 0.4) is 0 Å². The first-order chi connectivity index (χ1) is 9.24. The third kappa shape index (κ3) is 4.22. The topological polar surface area (TPSA) is 89.7 Å². The molecule has 6 nitrogen and oxygen atoms in total. The van der Waals surface area contributed by atoms with E-state index in [1.807, 2.05) is 0 Å². The van der Waals surface area contributed by atoms with Crippen LogP contribution < -0.4 is 4.74 Å². The van der Waals surface area contributed by atoms with Crippen LogP contribution in [0.15, 0.2) is 18.2 Å². The molecule has 0 heterocycles. The fourth-order valence-electron chi connectivity index (χ4n) is 1.71. The number of nitrogens with zero attached hydrogens (tertiary/aromatic N) is 1. The van der Waals surface area contributed by atoms with Crippen molar-refractivity contribution in [3.8, 4) is 5.75 Å². The Morgan fingerprint density at radius 2 is 2.10 bits per heavy atom. The van der Waals surface area contributed by atoms with Gasteiger partial charge < -0.3 is 9.84 Å². The summed E-state index contributed by atoms with van der Waals surface area (Å²) >= 11 is 0. The molecular weight excluding hydrogens is 262 g/mol. The Morgan fingerprint density at radius 1 is 1.45 bits per heavy atom. The van der Waals surface area contributed by atoms with Crippen molar-refractivity contribution in [2.24, 2.45) is 5.41 Å². The van der Waals surface area contributed by atoms with Crippen LogP contribution in [0.5, 0.6) is 5.75 Å². The molecule has 0 bridgehead atoms. The predicted octanol–water partition coefficient (Wildman–Crippen LogP) is 3.17. The van der Waals surface area contributed by atoms with Gasteiger partial charge in [0, 0.05) is 12.1 Å². The molecule has 6 heteroatoms. The number of carboxylic acid groups (broad SMARTS) is 1. The lowest BCUT2D eigenvalue weighted by Crippen LogP contribution is -2.24. The molecule has 1 aromatic rings. The van der Waals surface area contributed by atoms with E-state index in [1.165, 1.54) is 12.1 Å². The molecule has 0 unspecified atom stereocenters. The third-order valence-corrected chi connectivity index (χ3v) is 3.15. The maximum Gasteiger partial charge on any atom is 0.309 e. The number of nitro benzene ring substituents is 1. The monoisotopic (exact) mass is 281 g/mol. The van der Waals surface area contributed by atoms with E-state index in [0.29, 0.717) is 30.8 Å². The van der Waals surface area contributed by atoms with E-state index in [2.05, 4.69) is 0 Å². The molecule has 0 atom stereocenters. The Kier molecular flexibility index (Phi) is 5.07. The Morgan fingerprint density at radius 3 is 2.60 bits per heavy atom. The van der Waals surface area contributed by atoms with Crippen molar-refractivity contribution in [2.75, 3.05) is 6.61 Å². The first-order valence-electron chi connectivity index (χ1n) is 6.35. The average Bonchev–Trinajstić information content (AvgIpc) is 2.35. The normalized spacial score (nSPS) is 11.2. The number of aliphatic carboxylic acids is 1. The smallest absolute Gasteiger partial charge is 0.309 e. The van der Waals surface area contributed by atoms with Crippen LogP contribution in [-0.2, 0) is 4.79 Å². The highest BCUT2D eigenvalue weighted by molar-refractivity contribution is 5.73. The third-order valence-electron chi connectivity index (χ3n) is 3.15. The van der Waals surface area contributed by atoms with Gasteiger partial charge in [-0.2, -0.15) is 0 Å². The quantitative estimate of drug-likeness (QED) is 0.471. The molecule has 0 aromatic heterocycles. The number of carbonyl (C=O) groups is 1. The lowest BCUT2D eigenvalue weighted by atomic mass is 9.88. The van der Waals surface area contributed by atoms with Crippen molar-refractivity contribution in [2.45, 2.75) is 33.6 Å². The largest absolute Gasteiger partial charge is 0.493 e. The average molecular weight is 281 g/mol. The maximum atomic E-state index is 10.9. The summed E-state index contributed by atoms with van der Waals surface area (Å²) in [6.07, 6.45) is 1.12. The first kappa shape index (κ1) is 15.9. The minimum Gasteiger partial charge on any atom is -0.493 e. The number of aryl methyl sites for hydroxylation is 1. The summed E-state index contributed by atoms with van der Waals surface area (Å²) in [6, 6.07) is 4.41. The van der Waals surface area contributed by atoms with Crippen molar-refractivity contribution in [3.05, 3.63) is 33.9 Å². The molecule has 0 radical (unpaired) electrons. The van der Waals surface area contributed by atoms with Gasteiger partial charge in [0.1, 0.15) is 5.75 Å². The van der Waals surface area contributed by atoms with Gasteiger partial charge >= 0.3 is 5.97 Å². The Bertz CT molecular complexity index is 510. The SMILES string of the molecule is Cc1cc([N+](=O)[O-])ccc1OCCCC(C)(C)C(=O)O. The molecule has 0 saturated carbocycles. The minimum atomic E-state index is -0.830. The van der Waals surface area contributed by atoms with Crippen LogP contribution in [0.2, 0.25) is 0 Å². The van der Waals surface area contributed by atoms with Gasteiger partial charge in [-0.1, -0.05) is 0 Å². The second-order valence-electron chi connectivity index (χ2n) is 5.35. The van der Waals surface area contributed by atoms with E-state index < -0.39 is 16.3 Å². The second-order valence-corrected chi connectivity index (χ2v) is 5.35. The van der Waals surface area contributed by atoms with Crippen LogP contribution in [0.25, 0.3) is 0 Å². The number of carboxylic acids is 1. The van der Waals surface area contributed by atoms with E-state index >= 15 is 0 Å². The molecule has 0 aliphatic rings. The molecule has 0 aliphatic heterocycles. The highest BCUT2D eigenvalue weighted by atomic mass is 16.6. The van der Waals surface area contributed by atoms with Gasteiger partial charge in [0.25, 0.3) is 5.69 Å². The number of rotatable bonds is 7. The van der Waals surface area contributed by atoms with Gasteiger partial charge in [-0.3, -0.25) is 14.9 Å². The summed E-state index contributed by atoms with van der Waals surface area (Å²) in [5.74, 6) is -0.243. The zero-order chi connectivity index (χ0) is 15.3. The van der Waals surface area contributed by atoms with Gasteiger partial charge in [0.15, 0.2) is 0 Å². The molecule has 20 heavy (non-hydrogen) atoms. The second kappa shape index (κ2) is 6.36. The van der Waals surface area contributed by atoms with Gasteiger partial charge in [-0.25, -0.2) is 0 Å². The number of hydrogen-bond acceptors (Lipinski definition) is 4. The van der Waals surface area contributed by atoms with Gasteiger partial charge in [0.05, 0.1) is 16.9 Å². The van der Waals surface area contributed by atoms with Crippen molar-refractivity contribution in [1.29, 1.82) is 0 Å². The van der Waals surface area contributed by atoms with Crippen LogP contribution in [0.4, 0.5) is 5.69 Å². The number of nitro groups is 1. The van der Waals surface area contributed by atoms with E-state index in [4.69, 9.17) is 9.84 Å². The number of hydrogen-bond donors (Lipinski definition) is 1. The molecule has 0 aliphatic carbocycles. The van der Waals surface area contributed by atoms with E-state index in [9.17, 15) is 14.9 Å². The molecule has 0 spiro atoms. The molecule has 0 amide bonds.